The summed E-state index contributed by atoms with van der Waals surface area (Å²) < 4.78 is 12.7. The molecule has 5 atom stereocenters. The van der Waals surface area contributed by atoms with Crippen molar-refractivity contribution in [1.29, 1.82) is 0 Å². The van der Waals surface area contributed by atoms with Crippen LogP contribution in [0.25, 0.3) is 11.2 Å². The number of aryl methyl sites for hydroxylation is 1. The summed E-state index contributed by atoms with van der Waals surface area (Å²) in [5.74, 6) is 0.816. The van der Waals surface area contributed by atoms with Gasteiger partial charge in [0.15, 0.2) is 23.8 Å². The van der Waals surface area contributed by atoms with Crippen molar-refractivity contribution in [3.8, 4) is 0 Å². The normalized spacial score (nSPS) is 26.3. The Hall–Kier alpha value is -3.36. The van der Waals surface area contributed by atoms with Gasteiger partial charge in [-0.05, 0) is 44.9 Å². The lowest BCUT2D eigenvalue weighted by Gasteiger charge is -2.32. The van der Waals surface area contributed by atoms with E-state index in [1.807, 2.05) is 13.8 Å². The van der Waals surface area contributed by atoms with E-state index in [4.69, 9.17) is 15.2 Å². The summed E-state index contributed by atoms with van der Waals surface area (Å²) >= 11 is 0. The Kier molecular flexibility index (Phi) is 10.7. The second-order valence-electron chi connectivity index (χ2n) is 10.8. The molecule has 2 unspecified atom stereocenters. The SMILES string of the molecule is CC.CCNC(=O)[C@H]1O[C@@H](n2cnc3c(N)nc(CCCC4CCN(C(=O)OC5CCC(=O)C5)CC4)nc32)[C@@H](O)C1O. The van der Waals surface area contributed by atoms with Crippen LogP contribution in [0.4, 0.5) is 10.6 Å². The number of carbonyl (C=O) groups excluding carboxylic acids is 3. The number of anilines is 1. The van der Waals surface area contributed by atoms with Crippen LogP contribution in [-0.2, 0) is 25.5 Å². The summed E-state index contributed by atoms with van der Waals surface area (Å²) in [5.41, 5.74) is 6.86. The number of carbonyl (C=O) groups is 3. The van der Waals surface area contributed by atoms with Gasteiger partial charge in [0.2, 0.25) is 0 Å². The van der Waals surface area contributed by atoms with E-state index in [-0.39, 0.29) is 23.8 Å². The van der Waals surface area contributed by atoms with Crippen molar-refractivity contribution in [2.24, 2.45) is 5.92 Å². The number of imidazole rings is 1. The molecule has 2 aromatic rings. The third-order valence-corrected chi connectivity index (χ3v) is 7.97. The number of fused-ring (bicyclic) bond motifs is 1. The quantitative estimate of drug-likeness (QED) is 0.348. The monoisotopic (exact) mass is 589 g/mol. The molecule has 0 radical (unpaired) electrons. The summed E-state index contributed by atoms with van der Waals surface area (Å²) in [7, 11) is 0. The molecule has 0 spiro atoms. The van der Waals surface area contributed by atoms with E-state index in [0.29, 0.717) is 68.2 Å². The van der Waals surface area contributed by atoms with Crippen molar-refractivity contribution in [2.75, 3.05) is 25.4 Å². The largest absolute Gasteiger partial charge is 0.446 e. The molecule has 5 rings (SSSR count). The van der Waals surface area contributed by atoms with Crippen LogP contribution in [0, 0.1) is 5.92 Å². The number of hydrogen-bond acceptors (Lipinski definition) is 11. The maximum atomic E-state index is 12.4. The van der Waals surface area contributed by atoms with Gasteiger partial charge in [-0.3, -0.25) is 14.2 Å². The van der Waals surface area contributed by atoms with Crippen molar-refractivity contribution in [3.63, 3.8) is 0 Å². The third kappa shape index (κ3) is 6.98. The zero-order valence-electron chi connectivity index (χ0n) is 24.6. The Morgan fingerprint density at radius 1 is 1.17 bits per heavy atom. The van der Waals surface area contributed by atoms with Crippen LogP contribution >= 0.6 is 0 Å². The number of ketones is 1. The predicted octanol–water partition coefficient (Wildman–Crippen LogP) is 1.48. The standard InChI is InChI=1S/C26H37N7O7.C2H6/c1-2-28-24(37)21-19(35)20(36)25(40-21)33-13-29-18-22(27)30-17(31-23(18)33)5-3-4-14-8-10-32(11-9-14)26(38)39-16-7-6-15(34)12-16;1-2/h13-14,16,19-21,25,35-36H,2-12H2,1H3,(H,28,37)(H2,27,30,31);1-2H3/t16?,19?,20-,21-,25+;/m0./s1. The molecule has 4 heterocycles. The van der Waals surface area contributed by atoms with Crippen LogP contribution in [0.3, 0.4) is 0 Å². The van der Waals surface area contributed by atoms with E-state index in [1.165, 1.54) is 10.9 Å². The fourth-order valence-electron chi connectivity index (χ4n) is 5.71. The molecule has 1 aliphatic carbocycles. The van der Waals surface area contributed by atoms with Gasteiger partial charge in [-0.2, -0.15) is 0 Å². The summed E-state index contributed by atoms with van der Waals surface area (Å²) in [6, 6.07) is 0. The Balaban J connectivity index is 0.00000198. The highest BCUT2D eigenvalue weighted by Crippen LogP contribution is 2.32. The zero-order valence-corrected chi connectivity index (χ0v) is 24.6. The average molecular weight is 590 g/mol. The van der Waals surface area contributed by atoms with Crippen LogP contribution in [0.5, 0.6) is 0 Å². The Morgan fingerprint density at radius 2 is 1.90 bits per heavy atom. The van der Waals surface area contributed by atoms with Crippen molar-refractivity contribution in [3.05, 3.63) is 12.2 Å². The molecule has 2 aromatic heterocycles. The lowest BCUT2D eigenvalue weighted by Crippen LogP contribution is -2.42. The second-order valence-corrected chi connectivity index (χ2v) is 10.8. The Bertz CT molecular complexity index is 1250. The molecule has 0 aromatic carbocycles. The molecule has 2 saturated heterocycles. The van der Waals surface area contributed by atoms with Gasteiger partial charge in [0.05, 0.1) is 6.33 Å². The maximum absolute atomic E-state index is 12.4. The topological polar surface area (TPSA) is 195 Å². The number of aromatic nitrogens is 4. The van der Waals surface area contributed by atoms with E-state index < -0.39 is 30.4 Å². The molecule has 0 bridgehead atoms. The maximum Gasteiger partial charge on any atom is 0.410 e. The predicted molar refractivity (Wildman–Crippen MR) is 152 cm³/mol. The van der Waals surface area contributed by atoms with Crippen LogP contribution in [0.2, 0.25) is 0 Å². The highest BCUT2D eigenvalue weighted by molar-refractivity contribution is 5.83. The molecular formula is C28H43N7O7. The molecular weight excluding hydrogens is 546 g/mol. The number of piperidine rings is 1. The van der Waals surface area contributed by atoms with E-state index in [0.717, 1.165) is 25.7 Å². The second kappa shape index (κ2) is 14.2. The molecule has 14 heteroatoms. The van der Waals surface area contributed by atoms with E-state index in [1.54, 1.807) is 11.8 Å². The number of likely N-dealkylation sites (N-methyl/N-ethyl adjacent to an activating group) is 1. The van der Waals surface area contributed by atoms with Crippen molar-refractivity contribution in [2.45, 2.75) is 103 Å². The molecule has 232 valence electrons. The van der Waals surface area contributed by atoms with Gasteiger partial charge in [0.1, 0.15) is 35.4 Å². The smallest absolute Gasteiger partial charge is 0.410 e. The molecule has 2 aliphatic heterocycles. The molecule has 2 amide bonds. The summed E-state index contributed by atoms with van der Waals surface area (Å²) in [6.07, 6.45) is 1.23. The Morgan fingerprint density at radius 3 is 2.57 bits per heavy atom. The number of ether oxygens (including phenoxy) is 2. The number of hydrogen-bond donors (Lipinski definition) is 4. The number of nitrogen functional groups attached to an aromatic ring is 1. The number of aliphatic hydroxyl groups excluding tert-OH is 2. The highest BCUT2D eigenvalue weighted by Gasteiger charge is 2.47. The summed E-state index contributed by atoms with van der Waals surface area (Å²) in [5, 5.41) is 23.6. The number of nitrogens with zero attached hydrogens (tertiary/aromatic N) is 5. The van der Waals surface area contributed by atoms with Crippen LogP contribution in [0.15, 0.2) is 6.33 Å². The minimum absolute atomic E-state index is 0.152. The lowest BCUT2D eigenvalue weighted by molar-refractivity contribution is -0.137. The Labute approximate surface area is 245 Å². The number of aliphatic hydroxyl groups is 2. The minimum Gasteiger partial charge on any atom is -0.446 e. The highest BCUT2D eigenvalue weighted by atomic mass is 16.6. The van der Waals surface area contributed by atoms with Gasteiger partial charge >= 0.3 is 6.09 Å². The molecule has 3 aliphatic rings. The first-order chi connectivity index (χ1) is 20.2. The molecule has 42 heavy (non-hydrogen) atoms. The van der Waals surface area contributed by atoms with E-state index >= 15 is 0 Å². The van der Waals surface area contributed by atoms with E-state index in [9.17, 15) is 24.6 Å². The minimum atomic E-state index is -1.41. The van der Waals surface area contributed by atoms with E-state index in [2.05, 4.69) is 20.3 Å². The van der Waals surface area contributed by atoms with Gasteiger partial charge < -0.3 is 35.6 Å². The number of Topliss-reactive ketones (excluding diaryl/α,β-unsaturated/α-hetero) is 1. The number of rotatable bonds is 8. The van der Waals surface area contributed by atoms with Gasteiger partial charge in [0.25, 0.3) is 5.91 Å². The number of amides is 2. The van der Waals surface area contributed by atoms with Gasteiger partial charge in [0, 0.05) is 38.9 Å². The lowest BCUT2D eigenvalue weighted by atomic mass is 9.91. The molecule has 1 saturated carbocycles. The van der Waals surface area contributed by atoms with Gasteiger partial charge in [-0.15, -0.1) is 0 Å². The summed E-state index contributed by atoms with van der Waals surface area (Å²) in [4.78, 5) is 51.1. The van der Waals surface area contributed by atoms with Crippen LogP contribution in [-0.4, -0.2) is 96.5 Å². The van der Waals surface area contributed by atoms with Crippen molar-refractivity contribution < 1.29 is 34.1 Å². The van der Waals surface area contributed by atoms with Gasteiger partial charge in [-0.1, -0.05) is 13.8 Å². The van der Waals surface area contributed by atoms with Crippen molar-refractivity contribution in [1.82, 2.24) is 29.7 Å². The zero-order chi connectivity index (χ0) is 30.4. The third-order valence-electron chi connectivity index (χ3n) is 7.97. The first-order valence-electron chi connectivity index (χ1n) is 15.0. The average Bonchev–Trinajstić information content (AvgIpc) is 3.68. The summed E-state index contributed by atoms with van der Waals surface area (Å²) in [6.45, 7) is 7.37. The number of nitrogens with one attached hydrogen (secondary N) is 1. The molecule has 5 N–H and O–H groups in total. The van der Waals surface area contributed by atoms with Crippen molar-refractivity contribution >= 4 is 34.8 Å². The number of nitrogens with two attached hydrogens (primary N) is 1. The number of likely N-dealkylation sites (tertiary alicyclic amines) is 1. The van der Waals surface area contributed by atoms with Crippen LogP contribution < -0.4 is 11.1 Å². The first kappa shape index (κ1) is 31.6. The fraction of sp³-hybridized carbons (Fsp3) is 0.714. The fourth-order valence-corrected chi connectivity index (χ4v) is 5.71. The van der Waals surface area contributed by atoms with Gasteiger partial charge in [-0.25, -0.2) is 19.7 Å². The molecule has 3 fully saturated rings. The molecule has 14 nitrogen and oxygen atoms in total. The first-order valence-corrected chi connectivity index (χ1v) is 15.0. The van der Waals surface area contributed by atoms with Crippen LogP contribution in [0.1, 0.15) is 77.8 Å².